The lowest BCUT2D eigenvalue weighted by Gasteiger charge is -2.33. The van der Waals surface area contributed by atoms with Gasteiger partial charge in [0.25, 0.3) is 5.56 Å². The smallest absolute Gasteiger partial charge is 0.259 e. The van der Waals surface area contributed by atoms with E-state index in [1.807, 2.05) is 18.2 Å². The minimum atomic E-state index is -0.0529. The molecule has 6 heteroatoms. The van der Waals surface area contributed by atoms with E-state index in [1.54, 1.807) is 16.7 Å². The normalized spacial score (nSPS) is 19.4. The van der Waals surface area contributed by atoms with Crippen LogP contribution < -0.4 is 10.5 Å². The first-order chi connectivity index (χ1) is 9.78. The van der Waals surface area contributed by atoms with Crippen LogP contribution in [-0.4, -0.2) is 40.9 Å². The molecule has 1 saturated heterocycles. The molecule has 2 aromatic heterocycles. The second-order valence-electron chi connectivity index (χ2n) is 4.83. The van der Waals surface area contributed by atoms with E-state index in [0.717, 1.165) is 31.1 Å². The van der Waals surface area contributed by atoms with Crippen LogP contribution in [0.1, 0.15) is 6.42 Å². The molecule has 2 aromatic rings. The molecule has 0 radical (unpaired) electrons. The molecular weight excluding hydrogens is 274 g/mol. The third-order valence-electron chi connectivity index (χ3n) is 3.47. The van der Waals surface area contributed by atoms with Crippen LogP contribution in [0.5, 0.6) is 0 Å². The van der Waals surface area contributed by atoms with Crippen molar-refractivity contribution in [3.05, 3.63) is 40.8 Å². The van der Waals surface area contributed by atoms with Crippen LogP contribution in [-0.2, 0) is 4.74 Å². The van der Waals surface area contributed by atoms with Crippen molar-refractivity contribution in [3.8, 4) is 0 Å². The summed E-state index contributed by atoms with van der Waals surface area (Å²) in [6.07, 6.45) is 2.81. The maximum absolute atomic E-state index is 12.1. The average Bonchev–Trinajstić information content (AvgIpc) is 2.48. The predicted octanol–water partition coefficient (Wildman–Crippen LogP) is 1.22. The summed E-state index contributed by atoms with van der Waals surface area (Å²) in [4.78, 5) is 18.8. The van der Waals surface area contributed by atoms with Gasteiger partial charge in [0.15, 0.2) is 0 Å². The van der Waals surface area contributed by atoms with Crippen LogP contribution >= 0.6 is 12.6 Å². The first kappa shape index (κ1) is 13.5. The highest BCUT2D eigenvalue weighted by molar-refractivity contribution is 7.80. The number of ether oxygens (including phenoxy) is 1. The average molecular weight is 291 g/mol. The zero-order chi connectivity index (χ0) is 13.9. The van der Waals surface area contributed by atoms with E-state index < -0.39 is 0 Å². The van der Waals surface area contributed by atoms with Gasteiger partial charge in [-0.05, 0) is 24.3 Å². The van der Waals surface area contributed by atoms with Crippen molar-refractivity contribution >= 4 is 24.1 Å². The van der Waals surface area contributed by atoms with E-state index in [1.165, 1.54) is 0 Å². The Morgan fingerprint density at radius 2 is 2.35 bits per heavy atom. The monoisotopic (exact) mass is 291 g/mol. The minimum Gasteiger partial charge on any atom is -0.375 e. The van der Waals surface area contributed by atoms with Crippen LogP contribution in [0.15, 0.2) is 35.3 Å². The van der Waals surface area contributed by atoms with Crippen LogP contribution in [0.4, 0.5) is 5.82 Å². The molecule has 5 nitrogen and oxygen atoms in total. The molecule has 20 heavy (non-hydrogen) atoms. The zero-order valence-corrected chi connectivity index (χ0v) is 12.0. The maximum atomic E-state index is 12.1. The van der Waals surface area contributed by atoms with Crippen molar-refractivity contribution in [2.75, 3.05) is 30.3 Å². The molecule has 1 unspecified atom stereocenters. The fourth-order valence-electron chi connectivity index (χ4n) is 2.45. The Labute approximate surface area is 122 Å². The number of fused-ring (bicyclic) bond motifs is 1. The van der Waals surface area contributed by atoms with Gasteiger partial charge in [-0.3, -0.25) is 9.20 Å². The van der Waals surface area contributed by atoms with Gasteiger partial charge in [-0.2, -0.15) is 12.6 Å². The number of pyridine rings is 1. The van der Waals surface area contributed by atoms with Crippen molar-refractivity contribution in [2.24, 2.45) is 0 Å². The molecule has 3 heterocycles. The minimum absolute atomic E-state index is 0.0529. The Kier molecular flexibility index (Phi) is 3.93. The van der Waals surface area contributed by atoms with Gasteiger partial charge >= 0.3 is 0 Å². The van der Waals surface area contributed by atoms with E-state index in [-0.39, 0.29) is 11.7 Å². The van der Waals surface area contributed by atoms with Crippen molar-refractivity contribution < 1.29 is 4.74 Å². The molecule has 0 amide bonds. The van der Waals surface area contributed by atoms with Crippen molar-refractivity contribution in [3.63, 3.8) is 0 Å². The number of aromatic nitrogens is 2. The van der Waals surface area contributed by atoms with Crippen molar-refractivity contribution in [1.29, 1.82) is 0 Å². The number of nitrogens with zero attached hydrogens (tertiary/aromatic N) is 3. The fourth-order valence-corrected chi connectivity index (χ4v) is 2.74. The lowest BCUT2D eigenvalue weighted by atomic mass is 10.2. The summed E-state index contributed by atoms with van der Waals surface area (Å²) in [5.74, 6) is 1.53. The summed E-state index contributed by atoms with van der Waals surface area (Å²) in [5, 5.41) is 0. The van der Waals surface area contributed by atoms with Gasteiger partial charge in [-0.15, -0.1) is 0 Å². The predicted molar refractivity (Wildman–Crippen MR) is 81.9 cm³/mol. The Morgan fingerprint density at radius 3 is 3.20 bits per heavy atom. The maximum Gasteiger partial charge on any atom is 0.259 e. The standard InChI is InChI=1S/C14H17N3O2S/c18-14-9-13(15-12-3-1-2-5-17(12)14)16-6-7-19-11(10-16)4-8-20/h1-3,5,9,11,20H,4,6-8,10H2. The summed E-state index contributed by atoms with van der Waals surface area (Å²) in [5.41, 5.74) is 0.620. The molecule has 0 aromatic carbocycles. The van der Waals surface area contributed by atoms with E-state index >= 15 is 0 Å². The van der Waals surface area contributed by atoms with Gasteiger partial charge in [-0.1, -0.05) is 6.07 Å². The Bertz CT molecular complexity index is 656. The summed E-state index contributed by atoms with van der Waals surface area (Å²) < 4.78 is 7.24. The van der Waals surface area contributed by atoms with Crippen LogP contribution in [0.25, 0.3) is 5.65 Å². The van der Waals surface area contributed by atoms with Gasteiger partial charge in [-0.25, -0.2) is 4.98 Å². The number of morpholine rings is 1. The molecule has 0 spiro atoms. The van der Waals surface area contributed by atoms with Crippen LogP contribution in [0.2, 0.25) is 0 Å². The quantitative estimate of drug-likeness (QED) is 0.864. The topological polar surface area (TPSA) is 46.8 Å². The highest BCUT2D eigenvalue weighted by Crippen LogP contribution is 2.16. The molecule has 0 aliphatic carbocycles. The van der Waals surface area contributed by atoms with Gasteiger partial charge in [0.1, 0.15) is 11.5 Å². The van der Waals surface area contributed by atoms with Gasteiger partial charge < -0.3 is 9.64 Å². The second-order valence-corrected chi connectivity index (χ2v) is 5.28. The third-order valence-corrected chi connectivity index (χ3v) is 3.73. The number of thiol groups is 1. The third kappa shape index (κ3) is 2.66. The molecule has 1 fully saturated rings. The van der Waals surface area contributed by atoms with Crippen molar-refractivity contribution in [1.82, 2.24) is 9.38 Å². The van der Waals surface area contributed by atoms with Crippen LogP contribution in [0.3, 0.4) is 0 Å². The molecular formula is C14H17N3O2S. The number of hydrogen-bond donors (Lipinski definition) is 1. The van der Waals surface area contributed by atoms with E-state index in [4.69, 9.17) is 4.74 Å². The number of rotatable bonds is 3. The zero-order valence-electron chi connectivity index (χ0n) is 11.1. The first-order valence-electron chi connectivity index (χ1n) is 6.74. The second kappa shape index (κ2) is 5.85. The SMILES string of the molecule is O=c1cc(N2CCOC(CCS)C2)nc2ccccn12. The highest BCUT2D eigenvalue weighted by Gasteiger charge is 2.21. The lowest BCUT2D eigenvalue weighted by Crippen LogP contribution is -2.43. The van der Waals surface area contributed by atoms with Gasteiger partial charge in [0.2, 0.25) is 0 Å². The first-order valence-corrected chi connectivity index (χ1v) is 7.37. The Hall–Kier alpha value is -1.53. The molecule has 1 atom stereocenters. The van der Waals surface area contributed by atoms with Gasteiger partial charge in [0, 0.05) is 25.4 Å². The largest absolute Gasteiger partial charge is 0.375 e. The lowest BCUT2D eigenvalue weighted by molar-refractivity contribution is 0.0390. The summed E-state index contributed by atoms with van der Waals surface area (Å²) in [6.45, 7) is 2.18. The van der Waals surface area contributed by atoms with E-state index in [0.29, 0.717) is 12.3 Å². The molecule has 1 aliphatic rings. The molecule has 0 bridgehead atoms. The van der Waals surface area contributed by atoms with Crippen LogP contribution in [0, 0.1) is 0 Å². The molecule has 3 rings (SSSR count). The fraction of sp³-hybridized carbons (Fsp3) is 0.429. The Morgan fingerprint density at radius 1 is 1.45 bits per heavy atom. The van der Waals surface area contributed by atoms with E-state index in [2.05, 4.69) is 22.5 Å². The number of hydrogen-bond acceptors (Lipinski definition) is 5. The number of anilines is 1. The Balaban J connectivity index is 1.92. The van der Waals surface area contributed by atoms with E-state index in [9.17, 15) is 4.79 Å². The van der Waals surface area contributed by atoms with Crippen molar-refractivity contribution in [2.45, 2.75) is 12.5 Å². The molecule has 1 aliphatic heterocycles. The summed E-state index contributed by atoms with van der Waals surface area (Å²) in [6, 6.07) is 7.15. The molecule has 0 saturated carbocycles. The summed E-state index contributed by atoms with van der Waals surface area (Å²) in [7, 11) is 0. The summed E-state index contributed by atoms with van der Waals surface area (Å²) >= 11 is 4.24. The highest BCUT2D eigenvalue weighted by atomic mass is 32.1. The molecule has 106 valence electrons. The molecule has 0 N–H and O–H groups in total. The van der Waals surface area contributed by atoms with Gasteiger partial charge in [0.05, 0.1) is 12.7 Å².